The maximum absolute atomic E-state index is 8.51. The Kier molecular flexibility index (Phi) is 4.41. The number of allylic oxidation sites excluding steroid dienone is 3. The molecule has 0 aromatic carbocycles. The summed E-state index contributed by atoms with van der Waals surface area (Å²) in [5.74, 6) is 0.400. The summed E-state index contributed by atoms with van der Waals surface area (Å²) in [6, 6.07) is 1.83. The summed E-state index contributed by atoms with van der Waals surface area (Å²) in [6.07, 6.45) is 5.44. The van der Waals surface area contributed by atoms with E-state index in [4.69, 9.17) is 10.7 Å². The number of hydrogen-bond acceptors (Lipinski definition) is 4. The van der Waals surface area contributed by atoms with E-state index in [1.807, 2.05) is 6.07 Å². The molecule has 4 nitrogen and oxygen atoms in total. The van der Waals surface area contributed by atoms with Crippen molar-refractivity contribution >= 4 is 11.9 Å². The monoisotopic (exact) mass is 228 g/mol. The van der Waals surface area contributed by atoms with Gasteiger partial charge in [-0.05, 0) is 18.9 Å². The average Bonchev–Trinajstić information content (AvgIpc) is 3.16. The van der Waals surface area contributed by atoms with Crippen LogP contribution in [0.25, 0.3) is 0 Å². The Morgan fingerprint density at radius 3 is 2.65 bits per heavy atom. The Hall–Kier alpha value is -2.15. The number of aliphatic imine (C=N–C) groups is 1. The molecule has 1 aliphatic carbocycles. The lowest BCUT2D eigenvalue weighted by Crippen LogP contribution is -2.11. The number of nitrogens with one attached hydrogen (secondary N) is 2. The van der Waals surface area contributed by atoms with Crippen molar-refractivity contribution in [3.8, 4) is 6.07 Å². The van der Waals surface area contributed by atoms with Gasteiger partial charge in [-0.3, -0.25) is 0 Å². The molecule has 1 saturated carbocycles. The van der Waals surface area contributed by atoms with Crippen molar-refractivity contribution in [2.75, 3.05) is 7.05 Å². The third kappa shape index (κ3) is 4.07. The predicted molar refractivity (Wildman–Crippen MR) is 70.0 cm³/mol. The van der Waals surface area contributed by atoms with Crippen LogP contribution in [0.3, 0.4) is 0 Å². The summed E-state index contributed by atoms with van der Waals surface area (Å²) in [5.41, 5.74) is 2.13. The van der Waals surface area contributed by atoms with Crippen molar-refractivity contribution in [2.24, 2.45) is 10.9 Å². The van der Waals surface area contributed by atoms with Crippen LogP contribution in [-0.2, 0) is 0 Å². The topological polar surface area (TPSA) is 72.0 Å². The van der Waals surface area contributed by atoms with Gasteiger partial charge in [-0.25, -0.2) is 4.99 Å². The molecule has 0 aromatic heterocycles. The number of hydrogen-bond donors (Lipinski definition) is 2. The minimum absolute atomic E-state index is 0.138. The van der Waals surface area contributed by atoms with Gasteiger partial charge in [0.2, 0.25) is 0 Å². The third-order valence-corrected chi connectivity index (χ3v) is 2.44. The maximum Gasteiger partial charge on any atom is 0.133 e. The average molecular weight is 228 g/mol. The highest BCUT2D eigenvalue weighted by atomic mass is 14.8. The first-order valence-electron chi connectivity index (χ1n) is 5.38. The second kappa shape index (κ2) is 5.80. The van der Waals surface area contributed by atoms with Crippen molar-refractivity contribution in [3.63, 3.8) is 0 Å². The highest BCUT2D eigenvalue weighted by Crippen LogP contribution is 2.30. The zero-order chi connectivity index (χ0) is 12.8. The predicted octanol–water partition coefficient (Wildman–Crippen LogP) is 2.18. The van der Waals surface area contributed by atoms with Crippen molar-refractivity contribution < 1.29 is 0 Å². The van der Waals surface area contributed by atoms with Crippen LogP contribution >= 0.6 is 0 Å². The van der Waals surface area contributed by atoms with Crippen molar-refractivity contribution in [2.45, 2.75) is 12.8 Å². The summed E-state index contributed by atoms with van der Waals surface area (Å²) in [7, 11) is 1.77. The van der Waals surface area contributed by atoms with Gasteiger partial charge in [0.05, 0.1) is 0 Å². The Bertz CT molecular complexity index is 445. The second-order valence-electron chi connectivity index (χ2n) is 3.88. The van der Waals surface area contributed by atoms with E-state index in [1.54, 1.807) is 13.1 Å². The minimum atomic E-state index is 0.138. The molecule has 0 amide bonds. The first-order valence-corrected chi connectivity index (χ1v) is 5.38. The van der Waals surface area contributed by atoms with E-state index in [0.29, 0.717) is 17.2 Å². The number of rotatable bonds is 6. The smallest absolute Gasteiger partial charge is 0.133 e. The molecular weight excluding hydrogens is 212 g/mol. The van der Waals surface area contributed by atoms with Gasteiger partial charge in [0.25, 0.3) is 0 Å². The fraction of sp³-hybridized carbons (Fsp3) is 0.308. The number of likely N-dealkylation sites (N-methyl/N-ethyl adjacent to an activating group) is 1. The molecule has 0 atom stereocenters. The van der Waals surface area contributed by atoms with Crippen LogP contribution in [-0.4, -0.2) is 19.0 Å². The lowest BCUT2D eigenvalue weighted by molar-refractivity contribution is 1.02. The summed E-state index contributed by atoms with van der Waals surface area (Å²) in [4.78, 5) is 3.85. The Morgan fingerprint density at radius 2 is 2.18 bits per heavy atom. The van der Waals surface area contributed by atoms with E-state index in [1.165, 1.54) is 6.21 Å². The molecule has 0 spiro atoms. The highest BCUT2D eigenvalue weighted by Gasteiger charge is 2.25. The molecule has 0 unspecified atom stereocenters. The molecule has 4 heteroatoms. The minimum Gasteiger partial charge on any atom is -0.388 e. The van der Waals surface area contributed by atoms with E-state index in [0.717, 1.165) is 18.5 Å². The van der Waals surface area contributed by atoms with Crippen molar-refractivity contribution in [1.82, 2.24) is 5.32 Å². The fourth-order valence-corrected chi connectivity index (χ4v) is 1.25. The van der Waals surface area contributed by atoms with Gasteiger partial charge in [0, 0.05) is 36.2 Å². The number of nitrogens with zero attached hydrogens (tertiary/aromatic N) is 2. The van der Waals surface area contributed by atoms with Crippen molar-refractivity contribution in [3.05, 3.63) is 36.2 Å². The lowest BCUT2D eigenvalue weighted by atomic mass is 10.1. The lowest BCUT2D eigenvalue weighted by Gasteiger charge is -2.06. The van der Waals surface area contributed by atoms with Gasteiger partial charge in [0.1, 0.15) is 11.8 Å². The fourth-order valence-electron chi connectivity index (χ4n) is 1.25. The summed E-state index contributed by atoms with van der Waals surface area (Å²) >= 11 is 0. The highest BCUT2D eigenvalue weighted by molar-refractivity contribution is 5.98. The molecule has 0 radical (unpaired) electrons. The summed E-state index contributed by atoms with van der Waals surface area (Å²) in [6.45, 7) is 7.28. The molecule has 0 heterocycles. The Balaban J connectivity index is 2.70. The molecule has 1 fully saturated rings. The molecule has 0 saturated heterocycles. The van der Waals surface area contributed by atoms with Gasteiger partial charge in [-0.1, -0.05) is 13.2 Å². The molecule has 1 rings (SSSR count). The number of nitriles is 1. The van der Waals surface area contributed by atoms with E-state index in [9.17, 15) is 0 Å². The van der Waals surface area contributed by atoms with E-state index >= 15 is 0 Å². The Labute approximate surface area is 102 Å². The van der Waals surface area contributed by atoms with Crippen LogP contribution in [0.4, 0.5) is 0 Å². The van der Waals surface area contributed by atoms with Crippen LogP contribution in [0.2, 0.25) is 0 Å². The van der Waals surface area contributed by atoms with Gasteiger partial charge >= 0.3 is 0 Å². The van der Waals surface area contributed by atoms with Crippen LogP contribution in [0.5, 0.6) is 0 Å². The largest absolute Gasteiger partial charge is 0.388 e. The van der Waals surface area contributed by atoms with Crippen LogP contribution < -0.4 is 5.32 Å². The second-order valence-corrected chi connectivity index (χ2v) is 3.88. The van der Waals surface area contributed by atoms with Gasteiger partial charge in [-0.2, -0.15) is 5.26 Å². The zero-order valence-electron chi connectivity index (χ0n) is 9.95. The van der Waals surface area contributed by atoms with Crippen LogP contribution in [0.1, 0.15) is 12.8 Å². The van der Waals surface area contributed by atoms with Gasteiger partial charge < -0.3 is 10.7 Å². The van der Waals surface area contributed by atoms with Gasteiger partial charge in [0.15, 0.2) is 0 Å². The quantitative estimate of drug-likeness (QED) is 0.415. The molecule has 1 aliphatic rings. The van der Waals surface area contributed by atoms with Gasteiger partial charge in [-0.15, -0.1) is 0 Å². The Morgan fingerprint density at radius 1 is 1.53 bits per heavy atom. The van der Waals surface area contributed by atoms with Crippen LogP contribution in [0.15, 0.2) is 41.2 Å². The molecule has 0 bridgehead atoms. The SMILES string of the molecule is C=C(C#N)/N=C/C(=C)/C(=C/C(=N)C1CC1)NC. The molecule has 88 valence electrons. The summed E-state index contributed by atoms with van der Waals surface area (Å²) < 4.78 is 0. The summed E-state index contributed by atoms with van der Waals surface area (Å²) in [5, 5.41) is 19.3. The van der Waals surface area contributed by atoms with E-state index < -0.39 is 0 Å². The van der Waals surface area contributed by atoms with E-state index in [2.05, 4.69) is 23.5 Å². The molecule has 2 N–H and O–H groups in total. The molecule has 0 aliphatic heterocycles. The standard InChI is InChI=1S/C13H16N4/c1-9(8-17-10(2)7-14)13(16-3)6-12(15)11-4-5-11/h6,8,11,15-16H,1-2,4-5H2,3H3/b13-6-,15-12?,17-8+. The van der Waals surface area contributed by atoms with Crippen LogP contribution in [0, 0.1) is 22.7 Å². The zero-order valence-corrected chi connectivity index (χ0v) is 9.95. The first-order chi connectivity index (χ1) is 8.08. The first kappa shape index (κ1) is 12.9. The third-order valence-electron chi connectivity index (χ3n) is 2.44. The maximum atomic E-state index is 8.51. The molecule has 17 heavy (non-hydrogen) atoms. The van der Waals surface area contributed by atoms with Crippen molar-refractivity contribution in [1.29, 1.82) is 10.7 Å². The molecular formula is C13H16N4. The normalized spacial score (nSPS) is 15.4. The molecule has 0 aromatic rings. The van der Waals surface area contributed by atoms with E-state index in [-0.39, 0.29) is 5.70 Å².